The molecule has 13 heteroatoms. The van der Waals surface area contributed by atoms with E-state index in [9.17, 15) is 9.59 Å². The van der Waals surface area contributed by atoms with Gasteiger partial charge in [0.1, 0.15) is 0 Å². The van der Waals surface area contributed by atoms with Crippen molar-refractivity contribution in [1.82, 2.24) is 20.3 Å². The summed E-state index contributed by atoms with van der Waals surface area (Å²) in [6.45, 7) is 0. The molecular weight excluding hydrogens is 526 g/mol. The van der Waals surface area contributed by atoms with Gasteiger partial charge in [0.2, 0.25) is 22.8 Å². The molecule has 0 fully saturated rings. The molecule has 1 N–H and O–H groups in total. The Morgan fingerprint density at radius 1 is 1.08 bits per heavy atom. The zero-order chi connectivity index (χ0) is 25.5. The van der Waals surface area contributed by atoms with Gasteiger partial charge in [-0.1, -0.05) is 39.9 Å². The lowest BCUT2D eigenvalue weighted by molar-refractivity contribution is -0.116. The molecule has 0 atom stereocenters. The van der Waals surface area contributed by atoms with Crippen molar-refractivity contribution in [1.29, 1.82) is 0 Å². The maximum absolute atomic E-state index is 12.5. The summed E-state index contributed by atoms with van der Waals surface area (Å²) in [7, 11) is 3.05. The lowest BCUT2D eigenvalue weighted by Gasteiger charge is -2.08. The number of aromatic nitrogens is 4. The first-order valence-corrected chi connectivity index (χ1v) is 12.7. The lowest BCUT2D eigenvalue weighted by Crippen LogP contribution is -2.12. The molecule has 186 valence electrons. The first-order chi connectivity index (χ1) is 17.4. The van der Waals surface area contributed by atoms with E-state index in [1.54, 1.807) is 42.5 Å². The Morgan fingerprint density at radius 2 is 1.86 bits per heavy atom. The Labute approximate surface area is 219 Å². The Bertz CT molecular complexity index is 1360. The summed E-state index contributed by atoms with van der Waals surface area (Å²) in [5.41, 5.74) is 1.26. The molecule has 0 aliphatic carbocycles. The summed E-state index contributed by atoms with van der Waals surface area (Å²) in [5.74, 6) is 1.59. The molecule has 0 bridgehead atoms. The third-order valence-corrected chi connectivity index (χ3v) is 7.05. The van der Waals surface area contributed by atoms with E-state index in [0.717, 1.165) is 5.56 Å². The molecule has 0 aliphatic heterocycles. The number of hydrogen-bond donors (Lipinski definition) is 1. The molecule has 0 aliphatic rings. The second-order valence-electron chi connectivity index (χ2n) is 7.22. The summed E-state index contributed by atoms with van der Waals surface area (Å²) in [6.07, 6.45) is 0.398. The molecule has 36 heavy (non-hydrogen) atoms. The van der Waals surface area contributed by atoms with E-state index >= 15 is 0 Å². The van der Waals surface area contributed by atoms with E-state index in [-0.39, 0.29) is 30.3 Å². The van der Waals surface area contributed by atoms with Crippen molar-refractivity contribution in [3.05, 3.63) is 58.9 Å². The van der Waals surface area contributed by atoms with Crippen molar-refractivity contribution in [2.75, 3.05) is 25.3 Å². The second kappa shape index (κ2) is 12.0. The molecule has 0 unspecified atom stereocenters. The van der Waals surface area contributed by atoms with Crippen LogP contribution >= 0.6 is 34.7 Å². The highest BCUT2D eigenvalue weighted by atomic mass is 35.5. The number of methoxy groups -OCH3 is 2. The standard InChI is InChI=1S/C23H20ClN5O5S2/c1-32-17-8-5-14(11-18(17)33-2)16(30)12-35-23-28-27-22(36-23)25-19(31)9-10-20-26-21(29-34-20)13-3-6-15(24)7-4-13/h3-8,11H,9-10,12H2,1-2H3,(H,25,27,31). The van der Waals surface area contributed by atoms with Gasteiger partial charge >= 0.3 is 0 Å². The van der Waals surface area contributed by atoms with Gasteiger partial charge in [0.05, 0.1) is 20.0 Å². The van der Waals surface area contributed by atoms with Crippen molar-refractivity contribution < 1.29 is 23.6 Å². The fourth-order valence-electron chi connectivity index (χ4n) is 3.01. The van der Waals surface area contributed by atoms with Gasteiger partial charge in [-0.3, -0.25) is 9.59 Å². The molecule has 0 saturated heterocycles. The van der Waals surface area contributed by atoms with Crippen LogP contribution < -0.4 is 14.8 Å². The van der Waals surface area contributed by atoms with Crippen LogP contribution in [0.5, 0.6) is 11.5 Å². The molecule has 4 aromatic rings. The fraction of sp³-hybridized carbons (Fsp3) is 0.217. The zero-order valence-corrected chi connectivity index (χ0v) is 21.6. The maximum atomic E-state index is 12.5. The number of benzene rings is 2. The topological polar surface area (TPSA) is 129 Å². The summed E-state index contributed by atoms with van der Waals surface area (Å²) in [6, 6.07) is 12.0. The fourth-order valence-corrected chi connectivity index (χ4v) is 4.80. The molecule has 4 rings (SSSR count). The molecule has 1 amide bonds. The molecule has 2 aromatic carbocycles. The quantitative estimate of drug-likeness (QED) is 0.159. The molecule has 10 nitrogen and oxygen atoms in total. The molecule has 2 aromatic heterocycles. The van der Waals surface area contributed by atoms with Crippen molar-refractivity contribution in [3.63, 3.8) is 0 Å². The van der Waals surface area contributed by atoms with Crippen LogP contribution in [-0.2, 0) is 11.2 Å². The average Bonchev–Trinajstić information content (AvgIpc) is 3.55. The van der Waals surface area contributed by atoms with Gasteiger partial charge in [-0.05, 0) is 42.5 Å². The first-order valence-electron chi connectivity index (χ1n) is 10.5. The predicted molar refractivity (Wildman–Crippen MR) is 136 cm³/mol. The van der Waals surface area contributed by atoms with Crippen LogP contribution in [0, 0.1) is 0 Å². The van der Waals surface area contributed by atoms with E-state index in [4.69, 9.17) is 25.6 Å². The monoisotopic (exact) mass is 545 g/mol. The van der Waals surface area contributed by atoms with Crippen molar-refractivity contribution in [2.24, 2.45) is 0 Å². The number of nitrogens with one attached hydrogen (secondary N) is 1. The highest BCUT2D eigenvalue weighted by molar-refractivity contribution is 8.01. The second-order valence-corrected chi connectivity index (χ2v) is 9.86. The zero-order valence-electron chi connectivity index (χ0n) is 19.2. The highest BCUT2D eigenvalue weighted by Gasteiger charge is 2.15. The van der Waals surface area contributed by atoms with Gasteiger partial charge in [0.25, 0.3) is 0 Å². The van der Waals surface area contributed by atoms with Crippen LogP contribution in [-0.4, -0.2) is 52.0 Å². The summed E-state index contributed by atoms with van der Waals surface area (Å²) >= 11 is 8.31. The van der Waals surface area contributed by atoms with E-state index in [0.29, 0.717) is 43.3 Å². The van der Waals surface area contributed by atoms with E-state index in [2.05, 4.69) is 25.7 Å². The number of ether oxygens (including phenoxy) is 2. The smallest absolute Gasteiger partial charge is 0.227 e. The average molecular weight is 546 g/mol. The van der Waals surface area contributed by atoms with Crippen molar-refractivity contribution in [2.45, 2.75) is 17.2 Å². The van der Waals surface area contributed by atoms with Gasteiger partial charge < -0.3 is 19.3 Å². The van der Waals surface area contributed by atoms with Gasteiger partial charge in [0, 0.05) is 29.0 Å². The van der Waals surface area contributed by atoms with Crippen LogP contribution in [0.2, 0.25) is 5.02 Å². The number of carbonyl (C=O) groups is 2. The van der Waals surface area contributed by atoms with Crippen LogP contribution in [0.3, 0.4) is 0 Å². The largest absolute Gasteiger partial charge is 0.493 e. The van der Waals surface area contributed by atoms with Gasteiger partial charge in [-0.2, -0.15) is 4.98 Å². The number of anilines is 1. The van der Waals surface area contributed by atoms with E-state index < -0.39 is 0 Å². The minimum atomic E-state index is -0.268. The normalized spacial score (nSPS) is 10.8. The molecule has 2 heterocycles. The Hall–Kier alpha value is -3.48. The minimum Gasteiger partial charge on any atom is -0.493 e. The van der Waals surface area contributed by atoms with Crippen LogP contribution in [0.1, 0.15) is 22.7 Å². The summed E-state index contributed by atoms with van der Waals surface area (Å²) < 4.78 is 16.2. The number of Topliss-reactive ketones (excluding diaryl/α,β-unsaturated/α-hetero) is 1. The number of thioether (sulfide) groups is 1. The lowest BCUT2D eigenvalue weighted by atomic mass is 10.1. The third kappa shape index (κ3) is 6.59. The number of aryl methyl sites for hydroxylation is 1. The minimum absolute atomic E-state index is 0.0979. The van der Waals surface area contributed by atoms with Crippen molar-refractivity contribution >= 4 is 51.5 Å². The van der Waals surface area contributed by atoms with Crippen molar-refractivity contribution in [3.8, 4) is 22.9 Å². The van der Waals surface area contributed by atoms with Gasteiger partial charge in [0.15, 0.2) is 21.6 Å². The Balaban J connectivity index is 1.25. The Kier molecular flexibility index (Phi) is 8.52. The number of ketones is 1. The summed E-state index contributed by atoms with van der Waals surface area (Å²) in [4.78, 5) is 29.2. The van der Waals surface area contributed by atoms with Crippen LogP contribution in [0.4, 0.5) is 5.13 Å². The first kappa shape index (κ1) is 25.6. The van der Waals surface area contributed by atoms with Gasteiger partial charge in [-0.15, -0.1) is 10.2 Å². The van der Waals surface area contributed by atoms with Crippen LogP contribution in [0.15, 0.2) is 51.3 Å². The number of amides is 1. The number of hydrogen-bond acceptors (Lipinski definition) is 11. The number of rotatable bonds is 11. The summed E-state index contributed by atoms with van der Waals surface area (Å²) in [5, 5.41) is 15.6. The van der Waals surface area contributed by atoms with E-state index in [1.165, 1.54) is 37.3 Å². The highest BCUT2D eigenvalue weighted by Crippen LogP contribution is 2.30. The third-order valence-electron chi connectivity index (χ3n) is 4.82. The van der Waals surface area contributed by atoms with Crippen LogP contribution in [0.25, 0.3) is 11.4 Å². The molecule has 0 saturated carbocycles. The predicted octanol–water partition coefficient (Wildman–Crippen LogP) is 4.81. The number of nitrogens with zero attached hydrogens (tertiary/aromatic N) is 4. The molecular formula is C23H20ClN5O5S2. The van der Waals surface area contributed by atoms with Gasteiger partial charge in [-0.25, -0.2) is 0 Å². The number of halogens is 1. The number of carbonyl (C=O) groups excluding carboxylic acids is 2. The molecule has 0 spiro atoms. The SMILES string of the molecule is COc1ccc(C(=O)CSc2nnc(NC(=O)CCc3nc(-c4ccc(Cl)cc4)no3)s2)cc1OC. The molecule has 0 radical (unpaired) electrons. The Morgan fingerprint density at radius 3 is 2.61 bits per heavy atom. The maximum Gasteiger partial charge on any atom is 0.227 e. The van der Waals surface area contributed by atoms with E-state index in [1.807, 2.05) is 0 Å².